The Bertz CT molecular complexity index is 1200. The molecule has 0 aliphatic carbocycles. The van der Waals surface area contributed by atoms with Crippen LogP contribution < -0.4 is 0 Å². The lowest BCUT2D eigenvalue weighted by atomic mass is 9.82. The maximum absolute atomic E-state index is 13.3. The van der Waals surface area contributed by atoms with E-state index in [2.05, 4.69) is 0 Å². The van der Waals surface area contributed by atoms with Crippen LogP contribution in [0.4, 0.5) is 0 Å². The van der Waals surface area contributed by atoms with E-state index < -0.39 is 65.1 Å². The molecule has 2 aromatic rings. The maximum atomic E-state index is 13.3. The monoisotopic (exact) mass is 490 g/mol. The number of carbonyl (C=O) groups is 2. The van der Waals surface area contributed by atoms with Crippen molar-refractivity contribution in [1.82, 2.24) is 0 Å². The van der Waals surface area contributed by atoms with Crippen molar-refractivity contribution < 1.29 is 54.4 Å². The molecule has 2 aromatic carbocycles. The highest BCUT2D eigenvalue weighted by molar-refractivity contribution is 5.96. The molecule has 0 amide bonds. The fraction of sp³-hybridized carbons (Fsp3) is 0.417. The van der Waals surface area contributed by atoms with Crippen molar-refractivity contribution in [3.63, 3.8) is 0 Å². The Morgan fingerprint density at radius 2 is 1.26 bits per heavy atom. The van der Waals surface area contributed by atoms with Crippen LogP contribution >= 0.6 is 0 Å². The summed E-state index contributed by atoms with van der Waals surface area (Å²) in [5.74, 6) is -7.49. The highest BCUT2D eigenvalue weighted by atomic mass is 16.6. The summed E-state index contributed by atoms with van der Waals surface area (Å²) < 4.78 is 17.0. The molecular weight excluding hydrogens is 464 g/mol. The Kier molecular flexibility index (Phi) is 6.05. The molecule has 0 aromatic heterocycles. The van der Waals surface area contributed by atoms with Gasteiger partial charge in [-0.25, -0.2) is 9.59 Å². The van der Waals surface area contributed by atoms with Crippen LogP contribution in [0.2, 0.25) is 0 Å². The van der Waals surface area contributed by atoms with Crippen LogP contribution in [0.3, 0.4) is 0 Å². The molecule has 1 fully saturated rings. The molecule has 6 N–H and O–H groups in total. The molecule has 5 atom stereocenters. The third kappa shape index (κ3) is 4.01. The van der Waals surface area contributed by atoms with Gasteiger partial charge in [0.25, 0.3) is 0 Å². The lowest BCUT2D eigenvalue weighted by Gasteiger charge is -2.43. The van der Waals surface area contributed by atoms with Gasteiger partial charge in [-0.2, -0.15) is 0 Å². The number of aromatic hydroxyl groups is 6. The van der Waals surface area contributed by atoms with E-state index in [1.54, 1.807) is 0 Å². The highest BCUT2D eigenvalue weighted by Gasteiger charge is 2.43. The first-order chi connectivity index (χ1) is 16.4. The standard InChI is InChI=1S/C24H26O11/c1-8-9(2)22-17(34-10(8)3)7-33-23(31)13-5-15(25)20(29)18(27)11(13)4-12-14(24(32)35-22)6-16(26)21(30)19(12)28/h5-6,8-10,17,22,25-30H,4,7H2,1-3H3/t8-,9+,10-,17-,22+/m1/s1. The first kappa shape index (κ1) is 24.3. The molecule has 0 bridgehead atoms. The third-order valence-electron chi connectivity index (χ3n) is 6.98. The first-order valence-corrected chi connectivity index (χ1v) is 11.0. The van der Waals surface area contributed by atoms with Gasteiger partial charge in [0.05, 0.1) is 17.2 Å². The Hall–Kier alpha value is -3.86. The lowest BCUT2D eigenvalue weighted by molar-refractivity contribution is -0.176. The van der Waals surface area contributed by atoms with Crippen LogP contribution in [0.1, 0.15) is 52.6 Å². The SMILES string of the molecule is C[C@@H]1[C@H](C)[C@@H]2OC(=O)c3cc(O)c(O)c(O)c3Cc3c(cc(O)c(O)c3O)C(=O)OC[C@H]2O[C@@H]1C. The fourth-order valence-corrected chi connectivity index (χ4v) is 4.55. The Labute approximate surface area is 199 Å². The quantitative estimate of drug-likeness (QED) is 0.235. The fourth-order valence-electron chi connectivity index (χ4n) is 4.55. The summed E-state index contributed by atoms with van der Waals surface area (Å²) >= 11 is 0. The summed E-state index contributed by atoms with van der Waals surface area (Å²) in [6, 6.07) is 1.77. The van der Waals surface area contributed by atoms with Crippen molar-refractivity contribution in [2.75, 3.05) is 6.61 Å². The number of esters is 2. The second-order valence-electron chi connectivity index (χ2n) is 8.98. The molecule has 2 heterocycles. The van der Waals surface area contributed by atoms with Gasteiger partial charge in [0.2, 0.25) is 11.5 Å². The Morgan fingerprint density at radius 3 is 1.80 bits per heavy atom. The Balaban J connectivity index is 1.94. The van der Waals surface area contributed by atoms with Gasteiger partial charge in [0.1, 0.15) is 18.8 Å². The van der Waals surface area contributed by atoms with Crippen LogP contribution in [0, 0.1) is 11.8 Å². The molecule has 188 valence electrons. The molecule has 35 heavy (non-hydrogen) atoms. The van der Waals surface area contributed by atoms with Gasteiger partial charge < -0.3 is 44.8 Å². The molecule has 2 aliphatic rings. The number of fused-ring (bicyclic) bond motifs is 3. The lowest BCUT2D eigenvalue weighted by Crippen LogP contribution is -2.52. The number of rotatable bonds is 0. The van der Waals surface area contributed by atoms with Crippen molar-refractivity contribution >= 4 is 11.9 Å². The maximum Gasteiger partial charge on any atom is 0.339 e. The van der Waals surface area contributed by atoms with E-state index in [0.29, 0.717) is 0 Å². The molecular formula is C24H26O11. The van der Waals surface area contributed by atoms with Crippen LogP contribution in [-0.2, 0) is 20.6 Å². The molecule has 0 saturated carbocycles. The molecule has 0 unspecified atom stereocenters. The zero-order valence-corrected chi connectivity index (χ0v) is 19.2. The minimum Gasteiger partial charge on any atom is -0.504 e. The van der Waals surface area contributed by atoms with Gasteiger partial charge in [-0.3, -0.25) is 0 Å². The van der Waals surface area contributed by atoms with E-state index in [4.69, 9.17) is 14.2 Å². The van der Waals surface area contributed by atoms with Crippen LogP contribution in [0.25, 0.3) is 0 Å². The van der Waals surface area contributed by atoms with Crippen molar-refractivity contribution in [1.29, 1.82) is 0 Å². The van der Waals surface area contributed by atoms with E-state index in [1.165, 1.54) is 0 Å². The first-order valence-electron chi connectivity index (χ1n) is 11.0. The molecule has 4 rings (SSSR count). The van der Waals surface area contributed by atoms with Crippen molar-refractivity contribution in [2.24, 2.45) is 11.8 Å². The average molecular weight is 490 g/mol. The van der Waals surface area contributed by atoms with E-state index >= 15 is 0 Å². The van der Waals surface area contributed by atoms with Gasteiger partial charge in [-0.1, -0.05) is 13.8 Å². The number of phenolic OH excluding ortho intramolecular Hbond substituents is 6. The van der Waals surface area contributed by atoms with Crippen molar-refractivity contribution in [2.45, 2.75) is 45.5 Å². The molecule has 2 aliphatic heterocycles. The van der Waals surface area contributed by atoms with Crippen LogP contribution in [0.5, 0.6) is 34.5 Å². The predicted octanol–water partition coefficient (Wildman–Crippen LogP) is 2.27. The predicted molar refractivity (Wildman–Crippen MR) is 118 cm³/mol. The summed E-state index contributed by atoms with van der Waals surface area (Å²) in [7, 11) is 0. The molecule has 1 saturated heterocycles. The summed E-state index contributed by atoms with van der Waals surface area (Å²) in [6.45, 7) is 5.28. The zero-order valence-electron chi connectivity index (χ0n) is 19.2. The summed E-state index contributed by atoms with van der Waals surface area (Å²) in [4.78, 5) is 26.2. The minimum absolute atomic E-state index is 0.0358. The van der Waals surface area contributed by atoms with E-state index in [1.807, 2.05) is 20.8 Å². The summed E-state index contributed by atoms with van der Waals surface area (Å²) in [5.41, 5.74) is -1.31. The van der Waals surface area contributed by atoms with E-state index in [0.717, 1.165) is 12.1 Å². The van der Waals surface area contributed by atoms with Crippen molar-refractivity contribution in [3.8, 4) is 34.5 Å². The van der Waals surface area contributed by atoms with Crippen LogP contribution in [-0.4, -0.2) is 67.5 Å². The topological polar surface area (TPSA) is 183 Å². The molecule has 0 radical (unpaired) electrons. The van der Waals surface area contributed by atoms with Gasteiger partial charge in [-0.05, 0) is 25.0 Å². The van der Waals surface area contributed by atoms with Gasteiger partial charge in [0.15, 0.2) is 23.0 Å². The molecule has 0 spiro atoms. The third-order valence-corrected chi connectivity index (χ3v) is 6.98. The number of carbonyl (C=O) groups excluding carboxylic acids is 2. The number of ether oxygens (including phenoxy) is 3. The molecule has 11 heteroatoms. The second-order valence-corrected chi connectivity index (χ2v) is 8.98. The smallest absolute Gasteiger partial charge is 0.339 e. The van der Waals surface area contributed by atoms with Crippen LogP contribution in [0.15, 0.2) is 12.1 Å². The summed E-state index contributed by atoms with van der Waals surface area (Å²) in [5, 5.41) is 61.2. The highest BCUT2D eigenvalue weighted by Crippen LogP contribution is 2.46. The Morgan fingerprint density at radius 1 is 0.743 bits per heavy atom. The molecule has 11 nitrogen and oxygen atoms in total. The van der Waals surface area contributed by atoms with Gasteiger partial charge >= 0.3 is 11.9 Å². The average Bonchev–Trinajstić information content (AvgIpc) is 2.82. The zero-order chi connectivity index (χ0) is 25.8. The number of hydrogen-bond donors (Lipinski definition) is 6. The number of phenols is 6. The second kappa shape index (κ2) is 8.73. The van der Waals surface area contributed by atoms with Crippen molar-refractivity contribution in [3.05, 3.63) is 34.4 Å². The number of hydrogen-bond acceptors (Lipinski definition) is 11. The minimum atomic E-state index is -0.984. The largest absolute Gasteiger partial charge is 0.504 e. The van der Waals surface area contributed by atoms with E-state index in [-0.39, 0.29) is 46.8 Å². The van der Waals surface area contributed by atoms with E-state index in [9.17, 15) is 40.2 Å². The van der Waals surface area contributed by atoms with Gasteiger partial charge in [0, 0.05) is 23.5 Å². The number of benzene rings is 2. The van der Waals surface area contributed by atoms with Gasteiger partial charge in [-0.15, -0.1) is 0 Å². The summed E-state index contributed by atoms with van der Waals surface area (Å²) in [6.07, 6.45) is -2.57. The normalized spacial score (nSPS) is 26.8. The number of cyclic esters (lactones) is 1.